The second-order valence-electron chi connectivity index (χ2n) is 5.13. The number of halogens is 1. The molecule has 1 aliphatic rings. The molecule has 2 atom stereocenters. The molecule has 7 heteroatoms. The van der Waals surface area contributed by atoms with Crippen molar-refractivity contribution < 1.29 is 22.7 Å². The lowest BCUT2D eigenvalue weighted by atomic mass is 9.97. The summed E-state index contributed by atoms with van der Waals surface area (Å²) in [6.45, 7) is 3.52. The number of aryl methyl sites for hydroxylation is 1. The van der Waals surface area contributed by atoms with Gasteiger partial charge >= 0.3 is 0 Å². The molecule has 1 aromatic rings. The molecule has 0 saturated carbocycles. The van der Waals surface area contributed by atoms with Crippen LogP contribution in [-0.2, 0) is 14.8 Å². The number of hydrogen-bond acceptors (Lipinski definition) is 4. The molecule has 112 valence electrons. The van der Waals surface area contributed by atoms with Gasteiger partial charge in [0, 0.05) is 19.6 Å². The van der Waals surface area contributed by atoms with Crippen molar-refractivity contribution in [2.45, 2.75) is 36.9 Å². The van der Waals surface area contributed by atoms with E-state index in [1.54, 1.807) is 13.8 Å². The maximum Gasteiger partial charge on any atom is 0.243 e. The summed E-state index contributed by atoms with van der Waals surface area (Å²) in [7, 11) is -4.00. The summed E-state index contributed by atoms with van der Waals surface area (Å²) >= 11 is 0. The average Bonchev–Trinajstić information content (AvgIpc) is 2.71. The van der Waals surface area contributed by atoms with E-state index in [2.05, 4.69) is 4.72 Å². The lowest BCUT2D eigenvalue weighted by Gasteiger charge is -2.26. The molecule has 0 aromatic heterocycles. The Hall–Kier alpha value is -1.02. The topological polar surface area (TPSA) is 75.6 Å². The standard InChI is InChI=1S/C13H18FNO4S/c1-9-3-4-11(14)12(7-9)20(17,18)15-8-13(16)5-6-19-10(13)2/h3-4,7,10,15-16H,5-6,8H2,1-2H3. The third-order valence-corrected chi connectivity index (χ3v) is 5.02. The highest BCUT2D eigenvalue weighted by Gasteiger charge is 2.40. The third kappa shape index (κ3) is 3.01. The van der Waals surface area contributed by atoms with Gasteiger partial charge in [0.15, 0.2) is 0 Å². The first-order valence-corrected chi connectivity index (χ1v) is 7.83. The molecule has 1 aliphatic heterocycles. The van der Waals surface area contributed by atoms with Gasteiger partial charge in [-0.05, 0) is 31.5 Å². The maximum absolute atomic E-state index is 13.6. The molecule has 5 nitrogen and oxygen atoms in total. The monoisotopic (exact) mass is 303 g/mol. The van der Waals surface area contributed by atoms with Crippen molar-refractivity contribution >= 4 is 10.0 Å². The van der Waals surface area contributed by atoms with Gasteiger partial charge in [0.2, 0.25) is 10.0 Å². The Morgan fingerprint density at radius 2 is 2.25 bits per heavy atom. The van der Waals surface area contributed by atoms with Gasteiger partial charge in [-0.1, -0.05) is 6.07 Å². The second kappa shape index (κ2) is 5.40. The zero-order chi connectivity index (χ0) is 15.0. The summed E-state index contributed by atoms with van der Waals surface area (Å²) < 4.78 is 45.3. The minimum atomic E-state index is -4.00. The quantitative estimate of drug-likeness (QED) is 0.868. The van der Waals surface area contributed by atoms with Crippen molar-refractivity contribution in [1.29, 1.82) is 0 Å². The van der Waals surface area contributed by atoms with Crippen LogP contribution in [0.5, 0.6) is 0 Å². The molecule has 1 saturated heterocycles. The Morgan fingerprint density at radius 3 is 2.85 bits per heavy atom. The van der Waals surface area contributed by atoms with Crippen LogP contribution in [0.4, 0.5) is 4.39 Å². The lowest BCUT2D eigenvalue weighted by Crippen LogP contribution is -2.47. The van der Waals surface area contributed by atoms with Crippen LogP contribution < -0.4 is 4.72 Å². The summed E-state index contributed by atoms with van der Waals surface area (Å²) in [6, 6.07) is 3.87. The van der Waals surface area contributed by atoms with Gasteiger partial charge in [-0.15, -0.1) is 0 Å². The fraction of sp³-hybridized carbons (Fsp3) is 0.538. The smallest absolute Gasteiger partial charge is 0.243 e. The Balaban J connectivity index is 2.18. The average molecular weight is 303 g/mol. The van der Waals surface area contributed by atoms with Crippen LogP contribution in [0.3, 0.4) is 0 Å². The second-order valence-corrected chi connectivity index (χ2v) is 6.86. The summed E-state index contributed by atoms with van der Waals surface area (Å²) in [5.74, 6) is -0.814. The maximum atomic E-state index is 13.6. The van der Waals surface area contributed by atoms with Crippen molar-refractivity contribution in [2.24, 2.45) is 0 Å². The van der Waals surface area contributed by atoms with Gasteiger partial charge in [-0.2, -0.15) is 0 Å². The number of benzene rings is 1. The van der Waals surface area contributed by atoms with Crippen molar-refractivity contribution in [1.82, 2.24) is 4.72 Å². The lowest BCUT2D eigenvalue weighted by molar-refractivity contribution is -0.0228. The summed E-state index contributed by atoms with van der Waals surface area (Å²) in [4.78, 5) is -0.410. The number of ether oxygens (including phenoxy) is 1. The normalized spacial score (nSPS) is 26.9. The SMILES string of the molecule is Cc1ccc(F)c(S(=O)(=O)NCC2(O)CCOC2C)c1. The highest BCUT2D eigenvalue weighted by Crippen LogP contribution is 2.25. The fourth-order valence-electron chi connectivity index (χ4n) is 2.12. The molecule has 0 spiro atoms. The van der Waals surface area contributed by atoms with Gasteiger partial charge in [0.25, 0.3) is 0 Å². The minimum Gasteiger partial charge on any atom is -0.386 e. The van der Waals surface area contributed by atoms with E-state index in [-0.39, 0.29) is 6.54 Å². The van der Waals surface area contributed by atoms with Crippen molar-refractivity contribution in [2.75, 3.05) is 13.2 Å². The largest absolute Gasteiger partial charge is 0.386 e. The molecule has 2 N–H and O–H groups in total. The molecular formula is C13H18FNO4S. The number of rotatable bonds is 4. The van der Waals surface area contributed by atoms with Gasteiger partial charge in [0.1, 0.15) is 16.3 Å². The first kappa shape index (κ1) is 15.4. The molecule has 2 unspecified atom stereocenters. The highest BCUT2D eigenvalue weighted by molar-refractivity contribution is 7.89. The van der Waals surface area contributed by atoms with Crippen LogP contribution in [0.1, 0.15) is 18.9 Å². The summed E-state index contributed by atoms with van der Waals surface area (Å²) in [5.41, 5.74) is -0.615. The molecule has 1 heterocycles. The first-order valence-electron chi connectivity index (χ1n) is 6.34. The van der Waals surface area contributed by atoms with E-state index < -0.39 is 32.4 Å². The van der Waals surface area contributed by atoms with Crippen LogP contribution in [0.25, 0.3) is 0 Å². The zero-order valence-corrected chi connectivity index (χ0v) is 12.2. The van der Waals surface area contributed by atoms with Crippen LogP contribution in [0, 0.1) is 12.7 Å². The van der Waals surface area contributed by atoms with E-state index in [0.29, 0.717) is 18.6 Å². The predicted molar refractivity (Wildman–Crippen MR) is 71.3 cm³/mol. The van der Waals surface area contributed by atoms with Crippen LogP contribution in [0.2, 0.25) is 0 Å². The minimum absolute atomic E-state index is 0.204. The zero-order valence-electron chi connectivity index (χ0n) is 11.4. The van der Waals surface area contributed by atoms with E-state index in [9.17, 15) is 17.9 Å². The number of nitrogens with one attached hydrogen (secondary N) is 1. The van der Waals surface area contributed by atoms with E-state index in [0.717, 1.165) is 6.07 Å². The Bertz CT molecular complexity index is 604. The molecule has 0 aliphatic carbocycles. The molecule has 0 radical (unpaired) electrons. The van der Waals surface area contributed by atoms with E-state index in [1.807, 2.05) is 0 Å². The van der Waals surface area contributed by atoms with Crippen molar-refractivity contribution in [3.8, 4) is 0 Å². The van der Waals surface area contributed by atoms with Gasteiger partial charge < -0.3 is 9.84 Å². The van der Waals surface area contributed by atoms with Gasteiger partial charge in [-0.3, -0.25) is 0 Å². The van der Waals surface area contributed by atoms with E-state index in [4.69, 9.17) is 4.74 Å². The predicted octanol–water partition coefficient (Wildman–Crippen LogP) is 0.952. The molecule has 20 heavy (non-hydrogen) atoms. The van der Waals surface area contributed by atoms with Crippen LogP contribution >= 0.6 is 0 Å². The Labute approximate surface area is 117 Å². The Kier molecular flexibility index (Phi) is 4.15. The highest BCUT2D eigenvalue weighted by atomic mass is 32.2. The summed E-state index contributed by atoms with van der Waals surface area (Å²) in [6.07, 6.45) is -0.125. The van der Waals surface area contributed by atoms with Gasteiger partial charge in [-0.25, -0.2) is 17.5 Å². The molecule has 2 rings (SSSR count). The number of sulfonamides is 1. The first-order chi connectivity index (χ1) is 9.24. The van der Waals surface area contributed by atoms with E-state index >= 15 is 0 Å². The molecule has 0 amide bonds. The number of hydrogen-bond donors (Lipinski definition) is 2. The molecule has 1 aromatic carbocycles. The van der Waals surface area contributed by atoms with Gasteiger partial charge in [0.05, 0.1) is 6.10 Å². The third-order valence-electron chi connectivity index (χ3n) is 3.60. The van der Waals surface area contributed by atoms with Crippen LogP contribution in [0.15, 0.2) is 23.1 Å². The van der Waals surface area contributed by atoms with Crippen LogP contribution in [-0.4, -0.2) is 38.4 Å². The van der Waals surface area contributed by atoms with Crippen molar-refractivity contribution in [3.05, 3.63) is 29.6 Å². The number of aliphatic hydroxyl groups is 1. The molecular weight excluding hydrogens is 285 g/mol. The molecule has 0 bridgehead atoms. The summed E-state index contributed by atoms with van der Waals surface area (Å²) in [5, 5.41) is 10.2. The van der Waals surface area contributed by atoms with Crippen molar-refractivity contribution in [3.63, 3.8) is 0 Å². The van der Waals surface area contributed by atoms with E-state index in [1.165, 1.54) is 12.1 Å². The molecule has 1 fully saturated rings. The fourth-order valence-corrected chi connectivity index (χ4v) is 3.38. The Morgan fingerprint density at radius 1 is 1.55 bits per heavy atom.